The van der Waals surface area contributed by atoms with Gasteiger partial charge in [0.2, 0.25) is 0 Å². The number of piperidine rings is 1. The summed E-state index contributed by atoms with van der Waals surface area (Å²) in [4.78, 5) is 23.9. The van der Waals surface area contributed by atoms with Gasteiger partial charge in [0, 0.05) is 31.3 Å². The molecule has 1 aromatic heterocycles. The Morgan fingerprint density at radius 3 is 2.68 bits per heavy atom. The second kappa shape index (κ2) is 7.92. The minimum atomic E-state index is -0.203. The van der Waals surface area contributed by atoms with Crippen molar-refractivity contribution in [3.8, 4) is 11.4 Å². The molecule has 0 aliphatic carbocycles. The third-order valence-corrected chi connectivity index (χ3v) is 4.49. The molecule has 3 rings (SSSR count). The van der Waals surface area contributed by atoms with E-state index >= 15 is 0 Å². The highest BCUT2D eigenvalue weighted by Gasteiger charge is 2.20. The molecule has 1 aliphatic heterocycles. The van der Waals surface area contributed by atoms with Crippen LogP contribution in [-0.2, 0) is 0 Å². The van der Waals surface area contributed by atoms with Crippen LogP contribution >= 0.6 is 0 Å². The lowest BCUT2D eigenvalue weighted by molar-refractivity contribution is 0.0953. The molecule has 0 radical (unpaired) electrons. The Hall–Kier alpha value is -2.69. The average Bonchev–Trinajstić information content (AvgIpc) is 2.67. The van der Waals surface area contributed by atoms with Crippen molar-refractivity contribution >= 4 is 11.7 Å². The van der Waals surface area contributed by atoms with Crippen LogP contribution in [0.2, 0.25) is 0 Å². The van der Waals surface area contributed by atoms with Crippen molar-refractivity contribution in [2.75, 3.05) is 24.5 Å². The highest BCUT2D eigenvalue weighted by atomic mass is 16.1. The third kappa shape index (κ3) is 4.24. The fraction of sp³-hybridized carbons (Fsp3) is 0.350. The number of rotatable bonds is 5. The number of amides is 1. The van der Waals surface area contributed by atoms with Crippen LogP contribution in [0.1, 0.15) is 30.3 Å². The van der Waals surface area contributed by atoms with E-state index in [2.05, 4.69) is 28.7 Å². The molecule has 2 heterocycles. The van der Waals surface area contributed by atoms with Gasteiger partial charge in [-0.2, -0.15) is 0 Å². The lowest BCUT2D eigenvalue weighted by Crippen LogP contribution is -2.34. The van der Waals surface area contributed by atoms with Gasteiger partial charge in [-0.25, -0.2) is 9.97 Å². The van der Waals surface area contributed by atoms with E-state index in [0.717, 1.165) is 43.2 Å². The first kappa shape index (κ1) is 17.1. The van der Waals surface area contributed by atoms with Crippen LogP contribution in [0.15, 0.2) is 49.1 Å². The molecule has 1 aromatic carbocycles. The molecule has 1 fully saturated rings. The Labute approximate surface area is 148 Å². The number of carbonyl (C=O) groups is 1. The summed E-state index contributed by atoms with van der Waals surface area (Å²) in [6.45, 7) is 8.25. The molecule has 5 nitrogen and oxygen atoms in total. The van der Waals surface area contributed by atoms with E-state index in [1.165, 1.54) is 0 Å². The van der Waals surface area contributed by atoms with Crippen molar-refractivity contribution in [3.63, 3.8) is 0 Å². The van der Waals surface area contributed by atoms with Crippen LogP contribution in [0.3, 0.4) is 0 Å². The quantitative estimate of drug-likeness (QED) is 0.851. The number of anilines is 1. The van der Waals surface area contributed by atoms with E-state index < -0.39 is 0 Å². The number of carbonyl (C=O) groups excluding carboxylic acids is 1. The van der Waals surface area contributed by atoms with Gasteiger partial charge < -0.3 is 10.2 Å². The first-order valence-corrected chi connectivity index (χ1v) is 8.76. The normalized spacial score (nSPS) is 15.0. The van der Waals surface area contributed by atoms with Gasteiger partial charge >= 0.3 is 0 Å². The molecule has 1 aliphatic rings. The van der Waals surface area contributed by atoms with E-state index in [-0.39, 0.29) is 5.91 Å². The minimum Gasteiger partial charge on any atom is -0.356 e. The van der Waals surface area contributed by atoms with Gasteiger partial charge in [0.05, 0.1) is 0 Å². The summed E-state index contributed by atoms with van der Waals surface area (Å²) in [5.41, 5.74) is 1.30. The van der Waals surface area contributed by atoms with Gasteiger partial charge in [-0.15, -0.1) is 6.58 Å². The summed E-state index contributed by atoms with van der Waals surface area (Å²) in [7, 11) is 0. The predicted molar refractivity (Wildman–Crippen MR) is 101 cm³/mol. The molecule has 0 unspecified atom stereocenters. The standard InChI is InChI=1S/C20H24N4O/c1-3-11-21-20(25)17-14-18(24-12-9-15(2)10-13-24)23-19(22-17)16-7-5-4-6-8-16/h3-8,14-15H,1,9-13H2,2H3,(H,21,25). The van der Waals surface area contributed by atoms with Crippen molar-refractivity contribution in [2.24, 2.45) is 5.92 Å². The summed E-state index contributed by atoms with van der Waals surface area (Å²) in [5.74, 6) is 1.94. The molecule has 0 spiro atoms. The first-order valence-electron chi connectivity index (χ1n) is 8.76. The number of hydrogen-bond acceptors (Lipinski definition) is 4. The molecule has 0 atom stereocenters. The van der Waals surface area contributed by atoms with Gasteiger partial charge in [0.15, 0.2) is 5.82 Å². The summed E-state index contributed by atoms with van der Waals surface area (Å²) < 4.78 is 0. The van der Waals surface area contributed by atoms with Gasteiger partial charge in [0.1, 0.15) is 11.5 Å². The Bertz CT molecular complexity index is 737. The fourth-order valence-corrected chi connectivity index (χ4v) is 2.92. The van der Waals surface area contributed by atoms with Gasteiger partial charge in [-0.3, -0.25) is 4.79 Å². The second-order valence-electron chi connectivity index (χ2n) is 6.47. The third-order valence-electron chi connectivity index (χ3n) is 4.49. The zero-order valence-electron chi connectivity index (χ0n) is 14.6. The van der Waals surface area contributed by atoms with Crippen molar-refractivity contribution in [1.82, 2.24) is 15.3 Å². The Morgan fingerprint density at radius 1 is 1.28 bits per heavy atom. The smallest absolute Gasteiger partial charge is 0.270 e. The Balaban J connectivity index is 1.96. The summed E-state index contributed by atoms with van der Waals surface area (Å²) in [6.07, 6.45) is 3.94. The highest BCUT2D eigenvalue weighted by molar-refractivity contribution is 5.93. The maximum absolute atomic E-state index is 12.4. The van der Waals surface area contributed by atoms with Crippen LogP contribution < -0.4 is 10.2 Å². The zero-order valence-corrected chi connectivity index (χ0v) is 14.6. The maximum Gasteiger partial charge on any atom is 0.270 e. The summed E-state index contributed by atoms with van der Waals surface area (Å²) in [5, 5.41) is 2.80. The largest absolute Gasteiger partial charge is 0.356 e. The maximum atomic E-state index is 12.4. The molecule has 25 heavy (non-hydrogen) atoms. The summed E-state index contributed by atoms with van der Waals surface area (Å²) in [6, 6.07) is 11.6. The zero-order chi connectivity index (χ0) is 17.6. The number of aromatic nitrogens is 2. The SMILES string of the molecule is C=CCNC(=O)c1cc(N2CCC(C)CC2)nc(-c2ccccc2)n1. The average molecular weight is 336 g/mol. The molecule has 130 valence electrons. The van der Waals surface area contributed by atoms with Crippen molar-refractivity contribution in [1.29, 1.82) is 0 Å². The van der Waals surface area contributed by atoms with Gasteiger partial charge in [0.25, 0.3) is 5.91 Å². The molecule has 2 aromatic rings. The molecular weight excluding hydrogens is 312 g/mol. The molecule has 1 saturated heterocycles. The van der Waals surface area contributed by atoms with Crippen LogP contribution in [-0.4, -0.2) is 35.5 Å². The molecule has 1 amide bonds. The molecule has 0 saturated carbocycles. The summed E-state index contributed by atoms with van der Waals surface area (Å²) >= 11 is 0. The van der Waals surface area contributed by atoms with Crippen molar-refractivity contribution < 1.29 is 4.79 Å². The van der Waals surface area contributed by atoms with E-state index in [1.807, 2.05) is 30.3 Å². The first-order chi connectivity index (χ1) is 12.2. The van der Waals surface area contributed by atoms with E-state index in [9.17, 15) is 4.79 Å². The number of hydrogen-bond donors (Lipinski definition) is 1. The lowest BCUT2D eigenvalue weighted by Gasteiger charge is -2.31. The van der Waals surface area contributed by atoms with E-state index in [4.69, 9.17) is 4.98 Å². The monoisotopic (exact) mass is 336 g/mol. The Kier molecular flexibility index (Phi) is 5.43. The molecule has 0 bridgehead atoms. The van der Waals surface area contributed by atoms with Gasteiger partial charge in [-0.05, 0) is 18.8 Å². The van der Waals surface area contributed by atoms with Crippen molar-refractivity contribution in [2.45, 2.75) is 19.8 Å². The number of nitrogens with one attached hydrogen (secondary N) is 1. The van der Waals surface area contributed by atoms with Crippen molar-refractivity contribution in [3.05, 3.63) is 54.7 Å². The molecule has 5 heteroatoms. The van der Waals surface area contributed by atoms with Crippen LogP contribution in [0.5, 0.6) is 0 Å². The number of benzene rings is 1. The second-order valence-corrected chi connectivity index (χ2v) is 6.47. The fourth-order valence-electron chi connectivity index (χ4n) is 2.92. The topological polar surface area (TPSA) is 58.1 Å². The minimum absolute atomic E-state index is 0.203. The van der Waals surface area contributed by atoms with Crippen LogP contribution in [0.4, 0.5) is 5.82 Å². The molecule has 1 N–H and O–H groups in total. The highest BCUT2D eigenvalue weighted by Crippen LogP contribution is 2.24. The number of nitrogens with zero attached hydrogens (tertiary/aromatic N) is 3. The molecular formula is C20H24N4O. The lowest BCUT2D eigenvalue weighted by atomic mass is 9.99. The van der Waals surface area contributed by atoms with Crippen LogP contribution in [0, 0.1) is 5.92 Å². The van der Waals surface area contributed by atoms with Gasteiger partial charge in [-0.1, -0.05) is 43.3 Å². The van der Waals surface area contributed by atoms with E-state index in [0.29, 0.717) is 18.1 Å². The van der Waals surface area contributed by atoms with Crippen LogP contribution in [0.25, 0.3) is 11.4 Å². The Morgan fingerprint density at radius 2 is 2.00 bits per heavy atom. The van der Waals surface area contributed by atoms with E-state index in [1.54, 1.807) is 12.1 Å². The predicted octanol–water partition coefficient (Wildman–Crippen LogP) is 3.30.